The quantitative estimate of drug-likeness (QED) is 0.172. The van der Waals surface area contributed by atoms with E-state index in [0.29, 0.717) is 23.0 Å². The molecule has 9 aromatic rings. The van der Waals surface area contributed by atoms with E-state index in [1.807, 2.05) is 78.9 Å². The number of aromatic nitrogens is 3. The van der Waals surface area contributed by atoms with Crippen LogP contribution in [0.2, 0.25) is 0 Å². The highest BCUT2D eigenvalue weighted by atomic mass is 16.3. The topological polar surface area (TPSA) is 75.6 Å². The molecule has 262 valence electrons. The molecule has 0 atom stereocenters. The minimum absolute atomic E-state index is 0.143. The average molecular weight is 709 g/mol. The lowest BCUT2D eigenvalue weighted by Crippen LogP contribution is -2.14. The Morgan fingerprint density at radius 3 is 1.75 bits per heavy atom. The molecule has 7 aromatic carbocycles. The molecule has 0 fully saturated rings. The van der Waals surface area contributed by atoms with Gasteiger partial charge in [-0.1, -0.05) is 160 Å². The number of rotatable bonds is 6. The second-order valence-corrected chi connectivity index (χ2v) is 14.7. The van der Waals surface area contributed by atoms with E-state index >= 15 is 0 Å². The minimum atomic E-state index is -0.143. The predicted molar refractivity (Wildman–Crippen MR) is 223 cm³/mol. The van der Waals surface area contributed by atoms with Gasteiger partial charge in [-0.05, 0) is 68.6 Å². The largest absolute Gasteiger partial charge is 0.455 e. The smallest absolute Gasteiger partial charge is 0.168 e. The monoisotopic (exact) mass is 708 g/mol. The van der Waals surface area contributed by atoms with Gasteiger partial charge in [-0.15, -0.1) is 0 Å². The first-order valence-electron chi connectivity index (χ1n) is 18.4. The van der Waals surface area contributed by atoms with Crippen LogP contribution in [0.15, 0.2) is 168 Å². The Labute approximate surface area is 320 Å². The Hall–Kier alpha value is -7.16. The van der Waals surface area contributed by atoms with Crippen LogP contribution >= 0.6 is 0 Å². The van der Waals surface area contributed by atoms with E-state index in [-0.39, 0.29) is 5.41 Å². The van der Waals surface area contributed by atoms with Gasteiger partial charge in [0.2, 0.25) is 0 Å². The summed E-state index contributed by atoms with van der Waals surface area (Å²) in [7, 11) is 0. The molecule has 0 saturated heterocycles. The lowest BCUT2D eigenvalue weighted by atomic mass is 9.80. The highest BCUT2D eigenvalue weighted by Crippen LogP contribution is 2.44. The number of furan rings is 1. The summed E-state index contributed by atoms with van der Waals surface area (Å²) in [6.07, 6.45) is 0. The number of nitrogens with zero attached hydrogens (tertiary/aromatic N) is 4. The molecule has 2 heterocycles. The van der Waals surface area contributed by atoms with Crippen LogP contribution in [0.1, 0.15) is 31.9 Å². The minimum Gasteiger partial charge on any atom is -0.455 e. The van der Waals surface area contributed by atoms with Crippen LogP contribution in [0.5, 0.6) is 0 Å². The molecule has 0 aliphatic carbocycles. The fraction of sp³-hybridized carbons (Fsp3) is 0.0800. The third-order valence-electron chi connectivity index (χ3n) is 10.2. The van der Waals surface area contributed by atoms with Crippen LogP contribution in [-0.2, 0) is 5.41 Å². The molecule has 0 spiro atoms. The van der Waals surface area contributed by atoms with E-state index in [9.17, 15) is 5.26 Å². The molecule has 5 nitrogen and oxygen atoms in total. The maximum atomic E-state index is 9.30. The number of para-hydroxylation sites is 1. The zero-order valence-corrected chi connectivity index (χ0v) is 30.8. The van der Waals surface area contributed by atoms with E-state index in [0.717, 1.165) is 72.0 Å². The zero-order chi connectivity index (χ0) is 37.5. The summed E-state index contributed by atoms with van der Waals surface area (Å²) in [6.45, 7) is 6.73. The number of hydrogen-bond acceptors (Lipinski definition) is 5. The van der Waals surface area contributed by atoms with E-state index in [1.165, 1.54) is 5.56 Å². The fourth-order valence-corrected chi connectivity index (χ4v) is 7.43. The van der Waals surface area contributed by atoms with E-state index in [1.54, 1.807) is 0 Å². The lowest BCUT2D eigenvalue weighted by Gasteiger charge is -2.25. The Kier molecular flexibility index (Phi) is 8.37. The van der Waals surface area contributed by atoms with E-state index in [2.05, 4.69) is 112 Å². The molecule has 0 unspecified atom stereocenters. The van der Waals surface area contributed by atoms with E-state index < -0.39 is 0 Å². The van der Waals surface area contributed by atoms with Crippen molar-refractivity contribution in [2.24, 2.45) is 0 Å². The molecule has 0 N–H and O–H groups in total. The van der Waals surface area contributed by atoms with Gasteiger partial charge in [0.1, 0.15) is 11.2 Å². The summed E-state index contributed by atoms with van der Waals surface area (Å²) in [6, 6.07) is 57.8. The number of hydrogen-bond donors (Lipinski definition) is 0. The number of fused-ring (bicyclic) bond motifs is 3. The van der Waals surface area contributed by atoms with Crippen molar-refractivity contribution >= 4 is 21.9 Å². The molecule has 9 rings (SSSR count). The van der Waals surface area contributed by atoms with Crippen molar-refractivity contribution in [1.82, 2.24) is 15.0 Å². The first-order valence-corrected chi connectivity index (χ1v) is 18.4. The van der Waals surface area contributed by atoms with Gasteiger partial charge in [-0.2, -0.15) is 5.26 Å². The van der Waals surface area contributed by atoms with Crippen molar-refractivity contribution < 1.29 is 4.42 Å². The first-order chi connectivity index (χ1) is 26.9. The maximum Gasteiger partial charge on any atom is 0.168 e. The third kappa shape index (κ3) is 6.24. The summed E-state index contributed by atoms with van der Waals surface area (Å²) in [4.78, 5) is 15.9. The average Bonchev–Trinajstić information content (AvgIpc) is 3.62. The summed E-state index contributed by atoms with van der Waals surface area (Å²) in [5.41, 5.74) is 12.1. The SMILES string of the molecule is CC(C)(C)c1cccc(-c2nc(-c3ccccc3)nc(-c3c(-c4ccc(-c5ccc(C#N)cc5)cc4)ccc4c3oc3ccccc34)n2)c1-c1ccccc1. The Morgan fingerprint density at radius 2 is 1.05 bits per heavy atom. The van der Waals surface area contributed by atoms with Crippen molar-refractivity contribution in [2.45, 2.75) is 26.2 Å². The van der Waals surface area contributed by atoms with Crippen LogP contribution in [0.25, 0.3) is 89.5 Å². The molecule has 0 amide bonds. The summed E-state index contributed by atoms with van der Waals surface area (Å²) < 4.78 is 6.74. The van der Waals surface area contributed by atoms with Crippen LogP contribution in [0, 0.1) is 11.3 Å². The fourth-order valence-electron chi connectivity index (χ4n) is 7.43. The maximum absolute atomic E-state index is 9.30. The van der Waals surface area contributed by atoms with Gasteiger partial charge in [0.05, 0.1) is 17.2 Å². The van der Waals surface area contributed by atoms with Gasteiger partial charge >= 0.3 is 0 Å². The second-order valence-electron chi connectivity index (χ2n) is 14.7. The van der Waals surface area contributed by atoms with Gasteiger partial charge in [-0.3, -0.25) is 0 Å². The van der Waals surface area contributed by atoms with Crippen LogP contribution in [-0.4, -0.2) is 15.0 Å². The molecule has 0 saturated carbocycles. The van der Waals surface area contributed by atoms with Gasteiger partial charge < -0.3 is 4.42 Å². The van der Waals surface area contributed by atoms with Crippen molar-refractivity contribution in [3.8, 4) is 73.6 Å². The standard InChI is InChI=1S/C50H36N4O/c1-50(2,3)42-19-12-18-41(44(42)36-13-6-4-7-14-36)48-52-47(37-15-8-5-9-16-37)53-49(54-48)45-38(29-30-40-39-17-10-11-20-43(39)55-46(40)45)35-27-25-34(26-28-35)33-23-21-32(31-51)22-24-33/h4-30H,1-3H3. The molecule has 5 heteroatoms. The third-order valence-corrected chi connectivity index (χ3v) is 10.2. The van der Waals surface area contributed by atoms with Crippen molar-refractivity contribution in [2.75, 3.05) is 0 Å². The number of nitriles is 1. The van der Waals surface area contributed by atoms with Crippen LogP contribution < -0.4 is 0 Å². The molecular formula is C50H36N4O. The van der Waals surface area contributed by atoms with Crippen molar-refractivity contribution in [3.63, 3.8) is 0 Å². The van der Waals surface area contributed by atoms with Gasteiger partial charge in [0, 0.05) is 21.9 Å². The van der Waals surface area contributed by atoms with Crippen molar-refractivity contribution in [1.29, 1.82) is 5.26 Å². The first kappa shape index (κ1) is 33.7. The molecule has 2 aromatic heterocycles. The van der Waals surface area contributed by atoms with E-state index in [4.69, 9.17) is 19.4 Å². The normalized spacial score (nSPS) is 11.5. The Bertz CT molecular complexity index is 2880. The molecule has 0 aliphatic rings. The molecule has 0 radical (unpaired) electrons. The Morgan fingerprint density at radius 1 is 0.455 bits per heavy atom. The summed E-state index contributed by atoms with van der Waals surface area (Å²) in [5, 5.41) is 11.3. The van der Waals surface area contributed by atoms with Crippen LogP contribution in [0.4, 0.5) is 0 Å². The van der Waals surface area contributed by atoms with Crippen molar-refractivity contribution in [3.05, 3.63) is 175 Å². The van der Waals surface area contributed by atoms with Gasteiger partial charge in [-0.25, -0.2) is 15.0 Å². The highest BCUT2D eigenvalue weighted by Gasteiger charge is 2.26. The number of benzene rings is 7. The highest BCUT2D eigenvalue weighted by molar-refractivity contribution is 6.12. The summed E-state index contributed by atoms with van der Waals surface area (Å²) in [5.74, 6) is 1.69. The molecule has 0 bridgehead atoms. The molecule has 0 aliphatic heterocycles. The van der Waals surface area contributed by atoms with Gasteiger partial charge in [0.25, 0.3) is 0 Å². The summed E-state index contributed by atoms with van der Waals surface area (Å²) >= 11 is 0. The lowest BCUT2D eigenvalue weighted by molar-refractivity contribution is 0.592. The van der Waals surface area contributed by atoms with Crippen LogP contribution in [0.3, 0.4) is 0 Å². The predicted octanol–water partition coefficient (Wildman–Crippen LogP) is 12.9. The molecule has 55 heavy (non-hydrogen) atoms. The second kappa shape index (κ2) is 13.7. The zero-order valence-electron chi connectivity index (χ0n) is 30.8. The Balaban J connectivity index is 1.32. The van der Waals surface area contributed by atoms with Gasteiger partial charge in [0.15, 0.2) is 17.5 Å². The molecular weight excluding hydrogens is 673 g/mol.